The molecule has 6 heteroatoms. The van der Waals surface area contributed by atoms with Gasteiger partial charge in [0, 0.05) is 12.6 Å². The summed E-state index contributed by atoms with van der Waals surface area (Å²) in [6, 6.07) is 0.0431. The fourth-order valence-corrected chi connectivity index (χ4v) is 1.41. The number of nitrogens with two attached hydrogens (primary N) is 1. The molecule has 1 unspecified atom stereocenters. The van der Waals surface area contributed by atoms with Gasteiger partial charge in [-0.2, -0.15) is 0 Å². The first-order chi connectivity index (χ1) is 7.56. The van der Waals surface area contributed by atoms with Gasteiger partial charge in [-0.05, 0) is 12.3 Å². The zero-order valence-corrected chi connectivity index (χ0v) is 9.53. The molecular weight excluding hydrogens is 208 g/mol. The van der Waals surface area contributed by atoms with Gasteiger partial charge in [0.2, 0.25) is 0 Å². The number of nitrogens with one attached hydrogen (secondary N) is 2. The van der Waals surface area contributed by atoms with Gasteiger partial charge in [-0.3, -0.25) is 4.79 Å². The maximum Gasteiger partial charge on any atom is 0.276 e. The van der Waals surface area contributed by atoms with Gasteiger partial charge in [-0.25, -0.2) is 4.98 Å². The second-order valence-electron chi connectivity index (χ2n) is 4.00. The summed E-state index contributed by atoms with van der Waals surface area (Å²) in [5.74, 6) is 0.684. The van der Waals surface area contributed by atoms with Crippen molar-refractivity contribution in [3.05, 3.63) is 16.7 Å². The van der Waals surface area contributed by atoms with Crippen LogP contribution in [0.4, 0.5) is 11.5 Å². The van der Waals surface area contributed by atoms with Crippen LogP contribution in [0.2, 0.25) is 0 Å². The zero-order valence-electron chi connectivity index (χ0n) is 9.53. The molecule has 5 N–H and O–H groups in total. The second kappa shape index (κ2) is 5.50. The van der Waals surface area contributed by atoms with Crippen LogP contribution in [0, 0.1) is 5.92 Å². The van der Waals surface area contributed by atoms with Crippen LogP contribution in [0.1, 0.15) is 20.3 Å². The molecule has 1 aromatic rings. The summed E-state index contributed by atoms with van der Waals surface area (Å²) in [5.41, 5.74) is 5.31. The number of rotatable bonds is 5. The predicted molar refractivity (Wildman–Crippen MR) is 63.2 cm³/mol. The van der Waals surface area contributed by atoms with Gasteiger partial charge >= 0.3 is 0 Å². The molecule has 16 heavy (non-hydrogen) atoms. The fraction of sp³-hybridized carbons (Fsp3) is 0.600. The number of anilines is 2. The van der Waals surface area contributed by atoms with Crippen LogP contribution in [0.3, 0.4) is 0 Å². The van der Waals surface area contributed by atoms with Crippen LogP contribution >= 0.6 is 0 Å². The second-order valence-corrected chi connectivity index (χ2v) is 4.00. The van der Waals surface area contributed by atoms with Gasteiger partial charge in [-0.1, -0.05) is 13.8 Å². The summed E-state index contributed by atoms with van der Waals surface area (Å²) >= 11 is 0. The van der Waals surface area contributed by atoms with E-state index in [9.17, 15) is 4.79 Å². The van der Waals surface area contributed by atoms with E-state index in [1.165, 1.54) is 6.33 Å². The van der Waals surface area contributed by atoms with Crippen LogP contribution < -0.4 is 16.6 Å². The molecule has 6 nitrogen and oxygen atoms in total. The van der Waals surface area contributed by atoms with Gasteiger partial charge in [0.15, 0.2) is 5.82 Å². The number of hydrogen-bond donors (Lipinski definition) is 4. The van der Waals surface area contributed by atoms with Gasteiger partial charge in [0.1, 0.15) is 5.69 Å². The van der Waals surface area contributed by atoms with Crippen LogP contribution in [0.15, 0.2) is 11.1 Å². The van der Waals surface area contributed by atoms with E-state index < -0.39 is 0 Å². The van der Waals surface area contributed by atoms with E-state index in [-0.39, 0.29) is 23.9 Å². The largest absolute Gasteiger partial charge is 0.396 e. The molecule has 0 saturated carbocycles. The topological polar surface area (TPSA) is 104 Å². The number of nitrogens with zero attached hydrogens (tertiary/aromatic N) is 1. The van der Waals surface area contributed by atoms with Crippen LogP contribution in [0.25, 0.3) is 0 Å². The Morgan fingerprint density at radius 2 is 2.31 bits per heavy atom. The Morgan fingerprint density at radius 1 is 1.62 bits per heavy atom. The number of aliphatic hydroxyl groups is 1. The standard InChI is InChI=1S/C10H18N4O2/c1-6(2)7(3-4-15)14-9-8(11)10(16)13-5-12-9/h5-7,15H,3-4,11H2,1-2H3,(H2,12,13,14,16). The van der Waals surface area contributed by atoms with Crippen LogP contribution in [-0.4, -0.2) is 27.7 Å². The zero-order chi connectivity index (χ0) is 12.1. The quantitative estimate of drug-likeness (QED) is 0.573. The van der Waals surface area contributed by atoms with Gasteiger partial charge < -0.3 is 21.1 Å². The van der Waals surface area contributed by atoms with Crippen LogP contribution in [-0.2, 0) is 0 Å². The molecule has 0 radical (unpaired) electrons. The van der Waals surface area contributed by atoms with Crippen LogP contribution in [0.5, 0.6) is 0 Å². The fourth-order valence-electron chi connectivity index (χ4n) is 1.41. The summed E-state index contributed by atoms with van der Waals surface area (Å²) < 4.78 is 0. The maximum absolute atomic E-state index is 11.2. The Hall–Kier alpha value is -1.56. The smallest absolute Gasteiger partial charge is 0.276 e. The lowest BCUT2D eigenvalue weighted by Gasteiger charge is -2.22. The normalized spacial score (nSPS) is 12.8. The molecule has 1 rings (SSSR count). The highest BCUT2D eigenvalue weighted by Crippen LogP contribution is 2.15. The lowest BCUT2D eigenvalue weighted by atomic mass is 10.0. The van der Waals surface area contributed by atoms with E-state index in [2.05, 4.69) is 15.3 Å². The van der Waals surface area contributed by atoms with Gasteiger partial charge in [0.05, 0.1) is 6.33 Å². The summed E-state index contributed by atoms with van der Waals surface area (Å²) in [6.45, 7) is 4.13. The molecule has 0 amide bonds. The lowest BCUT2D eigenvalue weighted by Crippen LogP contribution is -2.29. The minimum absolute atomic E-state index is 0.0431. The van der Waals surface area contributed by atoms with E-state index in [0.29, 0.717) is 18.2 Å². The van der Waals surface area contributed by atoms with Crippen molar-refractivity contribution in [2.24, 2.45) is 5.92 Å². The molecule has 1 heterocycles. The first-order valence-corrected chi connectivity index (χ1v) is 5.26. The summed E-state index contributed by atoms with van der Waals surface area (Å²) in [4.78, 5) is 17.6. The highest BCUT2D eigenvalue weighted by atomic mass is 16.3. The third-order valence-corrected chi connectivity index (χ3v) is 2.46. The third-order valence-electron chi connectivity index (χ3n) is 2.46. The van der Waals surface area contributed by atoms with Crippen molar-refractivity contribution in [3.63, 3.8) is 0 Å². The number of nitrogen functional groups attached to an aromatic ring is 1. The molecule has 0 bridgehead atoms. The van der Waals surface area contributed by atoms with E-state index in [0.717, 1.165) is 0 Å². The minimum Gasteiger partial charge on any atom is -0.396 e. The number of aromatic nitrogens is 2. The Kier molecular flexibility index (Phi) is 4.30. The molecule has 1 atom stereocenters. The molecule has 0 aliphatic rings. The van der Waals surface area contributed by atoms with E-state index in [1.54, 1.807) is 0 Å². The Bertz CT molecular complexity index is 389. The molecule has 0 saturated heterocycles. The van der Waals surface area contributed by atoms with Crippen molar-refractivity contribution in [1.82, 2.24) is 9.97 Å². The lowest BCUT2D eigenvalue weighted by molar-refractivity contribution is 0.267. The molecule has 0 spiro atoms. The van der Waals surface area contributed by atoms with E-state index in [4.69, 9.17) is 10.8 Å². The molecule has 1 aromatic heterocycles. The van der Waals surface area contributed by atoms with Crippen molar-refractivity contribution in [3.8, 4) is 0 Å². The van der Waals surface area contributed by atoms with Crippen molar-refractivity contribution in [2.75, 3.05) is 17.7 Å². The highest BCUT2D eigenvalue weighted by Gasteiger charge is 2.15. The first kappa shape index (κ1) is 12.5. The average Bonchev–Trinajstić information content (AvgIpc) is 2.23. The maximum atomic E-state index is 11.2. The highest BCUT2D eigenvalue weighted by molar-refractivity contribution is 5.59. The number of H-pyrrole nitrogens is 1. The molecule has 0 aliphatic carbocycles. The van der Waals surface area contributed by atoms with Gasteiger partial charge in [-0.15, -0.1) is 0 Å². The van der Waals surface area contributed by atoms with E-state index >= 15 is 0 Å². The van der Waals surface area contributed by atoms with Crippen molar-refractivity contribution in [2.45, 2.75) is 26.3 Å². The van der Waals surface area contributed by atoms with Crippen molar-refractivity contribution >= 4 is 11.5 Å². The Labute approximate surface area is 93.9 Å². The van der Waals surface area contributed by atoms with Crippen molar-refractivity contribution < 1.29 is 5.11 Å². The summed E-state index contributed by atoms with van der Waals surface area (Å²) in [5, 5.41) is 12.0. The molecule has 0 aromatic carbocycles. The number of hydrogen-bond acceptors (Lipinski definition) is 5. The summed E-state index contributed by atoms with van der Waals surface area (Å²) in [7, 11) is 0. The summed E-state index contributed by atoms with van der Waals surface area (Å²) in [6.07, 6.45) is 1.89. The molecule has 0 fully saturated rings. The van der Waals surface area contributed by atoms with E-state index in [1.807, 2.05) is 13.8 Å². The molecular formula is C10H18N4O2. The van der Waals surface area contributed by atoms with Gasteiger partial charge in [0.25, 0.3) is 5.56 Å². The molecule has 0 aliphatic heterocycles. The number of aliphatic hydroxyl groups excluding tert-OH is 1. The first-order valence-electron chi connectivity index (χ1n) is 5.26. The minimum atomic E-state index is -0.357. The van der Waals surface area contributed by atoms with Crippen molar-refractivity contribution in [1.29, 1.82) is 0 Å². The monoisotopic (exact) mass is 226 g/mol. The predicted octanol–water partition coefficient (Wildman–Crippen LogP) is 0.171. The Morgan fingerprint density at radius 3 is 2.88 bits per heavy atom. The number of aromatic amines is 1. The Balaban J connectivity index is 2.85. The molecule has 90 valence electrons. The average molecular weight is 226 g/mol. The third kappa shape index (κ3) is 2.96. The SMILES string of the molecule is CC(C)C(CCO)Nc1nc[nH]c(=O)c1N.